The molecular formula is C15H20BrClN2O. The molecule has 0 spiro atoms. The Morgan fingerprint density at radius 2 is 2.25 bits per heavy atom. The van der Waals surface area contributed by atoms with Crippen molar-refractivity contribution >= 4 is 33.4 Å². The fourth-order valence-electron chi connectivity index (χ4n) is 3.05. The van der Waals surface area contributed by atoms with Crippen LogP contribution in [-0.2, 0) is 0 Å². The molecule has 0 aliphatic heterocycles. The molecule has 0 radical (unpaired) electrons. The minimum absolute atomic E-state index is 0.00384. The topological polar surface area (TPSA) is 46.3 Å². The molecule has 1 aliphatic carbocycles. The van der Waals surface area contributed by atoms with E-state index in [1.165, 1.54) is 0 Å². The molecule has 1 saturated carbocycles. The van der Waals surface area contributed by atoms with Gasteiger partial charge in [0.1, 0.15) is 0 Å². The van der Waals surface area contributed by atoms with Crippen LogP contribution in [0.1, 0.15) is 36.5 Å². The highest BCUT2D eigenvalue weighted by Crippen LogP contribution is 2.32. The summed E-state index contributed by atoms with van der Waals surface area (Å²) in [5.74, 6) is 0.411. The van der Waals surface area contributed by atoms with Crippen LogP contribution in [0.3, 0.4) is 0 Å². The van der Waals surface area contributed by atoms with E-state index in [-0.39, 0.29) is 11.9 Å². The van der Waals surface area contributed by atoms with Gasteiger partial charge < -0.3 is 10.6 Å². The third kappa shape index (κ3) is 3.02. The molecule has 2 rings (SSSR count). The van der Waals surface area contributed by atoms with E-state index in [0.29, 0.717) is 29.6 Å². The number of benzene rings is 1. The Morgan fingerprint density at radius 3 is 2.90 bits per heavy atom. The first-order valence-electron chi connectivity index (χ1n) is 7.05. The number of hydrogen-bond donors (Lipinski definition) is 1. The molecule has 3 nitrogen and oxygen atoms in total. The second-order valence-electron chi connectivity index (χ2n) is 5.19. The molecule has 0 saturated heterocycles. The first-order valence-corrected chi connectivity index (χ1v) is 8.22. The Kier molecular flexibility index (Phi) is 5.47. The maximum absolute atomic E-state index is 12.8. The molecule has 20 heavy (non-hydrogen) atoms. The molecule has 0 bridgehead atoms. The molecule has 2 N–H and O–H groups in total. The van der Waals surface area contributed by atoms with Gasteiger partial charge in [-0.25, -0.2) is 0 Å². The maximum Gasteiger partial charge on any atom is 0.255 e. The van der Waals surface area contributed by atoms with Crippen molar-refractivity contribution in [1.29, 1.82) is 0 Å². The fourth-order valence-corrected chi connectivity index (χ4v) is 3.63. The lowest BCUT2D eigenvalue weighted by molar-refractivity contribution is 0.0652. The highest BCUT2D eigenvalue weighted by atomic mass is 79.9. The molecule has 2 atom stereocenters. The van der Waals surface area contributed by atoms with Gasteiger partial charge in [-0.05, 0) is 60.3 Å². The lowest BCUT2D eigenvalue weighted by Gasteiger charge is -2.32. The zero-order valence-corrected chi connectivity index (χ0v) is 14.0. The van der Waals surface area contributed by atoms with Gasteiger partial charge in [0.15, 0.2) is 0 Å². The summed E-state index contributed by atoms with van der Waals surface area (Å²) in [6.07, 6.45) is 3.28. The van der Waals surface area contributed by atoms with E-state index >= 15 is 0 Å². The molecule has 1 aromatic carbocycles. The number of nitrogens with two attached hydrogens (primary N) is 1. The Balaban J connectivity index is 2.27. The summed E-state index contributed by atoms with van der Waals surface area (Å²) in [4.78, 5) is 14.7. The number of carbonyl (C=O) groups is 1. The molecule has 0 heterocycles. The number of hydrogen-bond acceptors (Lipinski definition) is 2. The summed E-state index contributed by atoms with van der Waals surface area (Å²) in [6.45, 7) is 3.33. The van der Waals surface area contributed by atoms with Crippen LogP contribution in [0.15, 0.2) is 22.7 Å². The Labute approximate surface area is 133 Å². The number of nitrogens with zero attached hydrogens (tertiary/aromatic N) is 1. The van der Waals surface area contributed by atoms with Crippen LogP contribution in [0.25, 0.3) is 0 Å². The quantitative estimate of drug-likeness (QED) is 0.891. The molecule has 1 aliphatic rings. The van der Waals surface area contributed by atoms with Crippen LogP contribution < -0.4 is 5.73 Å². The monoisotopic (exact) mass is 358 g/mol. The minimum atomic E-state index is 0.00384. The van der Waals surface area contributed by atoms with E-state index in [0.717, 1.165) is 23.7 Å². The Bertz CT molecular complexity index is 495. The standard InChI is InChI=1S/C15H20BrClN2O/c1-2-19(13-8-3-5-10(13)9-18)15(20)11-6-4-7-12(16)14(11)17/h4,6-7,10,13H,2-3,5,8-9,18H2,1H3. The van der Waals surface area contributed by atoms with E-state index in [2.05, 4.69) is 15.9 Å². The van der Waals surface area contributed by atoms with Crippen molar-refractivity contribution in [3.8, 4) is 0 Å². The first kappa shape index (κ1) is 15.8. The van der Waals surface area contributed by atoms with Crippen molar-refractivity contribution in [3.05, 3.63) is 33.3 Å². The molecular weight excluding hydrogens is 340 g/mol. The van der Waals surface area contributed by atoms with Crippen molar-refractivity contribution < 1.29 is 4.79 Å². The van der Waals surface area contributed by atoms with Gasteiger partial charge in [0.2, 0.25) is 0 Å². The maximum atomic E-state index is 12.8. The highest BCUT2D eigenvalue weighted by Gasteiger charge is 2.34. The van der Waals surface area contributed by atoms with Crippen molar-refractivity contribution in [2.45, 2.75) is 32.2 Å². The van der Waals surface area contributed by atoms with Crippen LogP contribution in [0.4, 0.5) is 0 Å². The van der Waals surface area contributed by atoms with Crippen molar-refractivity contribution in [1.82, 2.24) is 4.90 Å². The largest absolute Gasteiger partial charge is 0.336 e. The van der Waals surface area contributed by atoms with Gasteiger partial charge in [0.05, 0.1) is 10.6 Å². The Morgan fingerprint density at radius 1 is 1.50 bits per heavy atom. The van der Waals surface area contributed by atoms with Gasteiger partial charge >= 0.3 is 0 Å². The smallest absolute Gasteiger partial charge is 0.255 e. The fraction of sp³-hybridized carbons (Fsp3) is 0.533. The molecule has 5 heteroatoms. The first-order chi connectivity index (χ1) is 9.60. The average molecular weight is 360 g/mol. The molecule has 110 valence electrons. The van der Waals surface area contributed by atoms with E-state index in [1.54, 1.807) is 6.07 Å². The van der Waals surface area contributed by atoms with Gasteiger partial charge in [0.25, 0.3) is 5.91 Å². The molecule has 0 aromatic heterocycles. The van der Waals surface area contributed by atoms with Crippen LogP contribution in [0.5, 0.6) is 0 Å². The zero-order valence-electron chi connectivity index (χ0n) is 11.6. The van der Waals surface area contributed by atoms with E-state index in [4.69, 9.17) is 17.3 Å². The van der Waals surface area contributed by atoms with Crippen molar-refractivity contribution in [3.63, 3.8) is 0 Å². The van der Waals surface area contributed by atoms with Gasteiger partial charge in [0, 0.05) is 17.1 Å². The predicted molar refractivity (Wildman–Crippen MR) is 86.0 cm³/mol. The molecule has 1 amide bonds. The zero-order chi connectivity index (χ0) is 14.7. The second kappa shape index (κ2) is 6.92. The summed E-state index contributed by atoms with van der Waals surface area (Å²) in [7, 11) is 0. The summed E-state index contributed by atoms with van der Waals surface area (Å²) in [5.41, 5.74) is 6.40. The average Bonchev–Trinajstić information content (AvgIpc) is 2.91. The summed E-state index contributed by atoms with van der Waals surface area (Å²) in [5, 5.41) is 0.484. The van der Waals surface area contributed by atoms with Gasteiger partial charge in [-0.15, -0.1) is 0 Å². The number of carbonyl (C=O) groups excluding carboxylic acids is 1. The minimum Gasteiger partial charge on any atom is -0.336 e. The lowest BCUT2D eigenvalue weighted by Crippen LogP contribution is -2.44. The summed E-state index contributed by atoms with van der Waals surface area (Å²) < 4.78 is 0.753. The SMILES string of the molecule is CCN(C(=O)c1cccc(Br)c1Cl)C1CCCC1CN. The van der Waals surface area contributed by atoms with Gasteiger partial charge in [-0.3, -0.25) is 4.79 Å². The van der Waals surface area contributed by atoms with E-state index in [1.807, 2.05) is 24.0 Å². The number of rotatable bonds is 4. The second-order valence-corrected chi connectivity index (χ2v) is 6.42. The van der Waals surface area contributed by atoms with Crippen LogP contribution in [0.2, 0.25) is 5.02 Å². The van der Waals surface area contributed by atoms with E-state index in [9.17, 15) is 4.79 Å². The lowest BCUT2D eigenvalue weighted by atomic mass is 10.0. The van der Waals surface area contributed by atoms with Gasteiger partial charge in [-0.2, -0.15) is 0 Å². The van der Waals surface area contributed by atoms with Crippen LogP contribution in [-0.4, -0.2) is 29.9 Å². The molecule has 2 unspecified atom stereocenters. The summed E-state index contributed by atoms with van der Waals surface area (Å²) in [6, 6.07) is 5.71. The highest BCUT2D eigenvalue weighted by molar-refractivity contribution is 9.10. The van der Waals surface area contributed by atoms with Crippen molar-refractivity contribution in [2.75, 3.05) is 13.1 Å². The third-order valence-electron chi connectivity index (χ3n) is 4.11. The number of amides is 1. The molecule has 1 aromatic rings. The van der Waals surface area contributed by atoms with Gasteiger partial charge in [-0.1, -0.05) is 24.1 Å². The number of halogens is 2. The van der Waals surface area contributed by atoms with Crippen LogP contribution in [0, 0.1) is 5.92 Å². The predicted octanol–water partition coefficient (Wildman–Crippen LogP) is 3.69. The Hall–Kier alpha value is -0.580. The van der Waals surface area contributed by atoms with E-state index < -0.39 is 0 Å². The summed E-state index contributed by atoms with van der Waals surface area (Å²) >= 11 is 9.62. The normalized spacial score (nSPS) is 22.0. The molecule has 1 fully saturated rings. The third-order valence-corrected chi connectivity index (χ3v) is 5.40. The van der Waals surface area contributed by atoms with Crippen LogP contribution >= 0.6 is 27.5 Å². The van der Waals surface area contributed by atoms with Crippen molar-refractivity contribution in [2.24, 2.45) is 11.7 Å².